The van der Waals surface area contributed by atoms with Crippen molar-refractivity contribution >= 4 is 18.3 Å². The van der Waals surface area contributed by atoms with Gasteiger partial charge in [-0.25, -0.2) is 0 Å². The van der Waals surface area contributed by atoms with E-state index in [9.17, 15) is 10.1 Å². The van der Waals surface area contributed by atoms with Crippen molar-refractivity contribution < 1.29 is 4.92 Å². The molecule has 1 rings (SSSR count). The van der Waals surface area contributed by atoms with Crippen LogP contribution in [0.1, 0.15) is 5.56 Å². The van der Waals surface area contributed by atoms with Crippen molar-refractivity contribution in [2.75, 3.05) is 0 Å². The lowest BCUT2D eigenvalue weighted by atomic mass is 10.1. The van der Waals surface area contributed by atoms with Gasteiger partial charge in [0, 0.05) is 11.6 Å². The Morgan fingerprint density at radius 2 is 2.14 bits per heavy atom. The molecule has 14 heavy (non-hydrogen) atoms. The van der Waals surface area contributed by atoms with Gasteiger partial charge in [0.1, 0.15) is 0 Å². The molecule has 72 valence electrons. The van der Waals surface area contributed by atoms with Gasteiger partial charge in [0.25, 0.3) is 5.69 Å². The normalized spacial score (nSPS) is 11.4. The van der Waals surface area contributed by atoms with Crippen LogP contribution in [0.5, 0.6) is 0 Å². The smallest absolute Gasteiger partial charge is 0.258 e. The summed E-state index contributed by atoms with van der Waals surface area (Å²) in [6.07, 6.45) is 3.32. The van der Waals surface area contributed by atoms with Crippen LogP contribution >= 0.6 is 0 Å². The minimum absolute atomic E-state index is 0.116. The number of allylic oxidation sites excluding steroid dienone is 1. The zero-order valence-corrected chi connectivity index (χ0v) is 7.99. The molecule has 1 aromatic carbocycles. The van der Waals surface area contributed by atoms with Crippen molar-refractivity contribution in [1.82, 2.24) is 0 Å². The summed E-state index contributed by atoms with van der Waals surface area (Å²) < 4.78 is 0. The van der Waals surface area contributed by atoms with Gasteiger partial charge in [-0.3, -0.25) is 10.1 Å². The first kappa shape index (κ1) is 10.2. The Hall–Kier alpha value is -1.90. The highest BCUT2D eigenvalue weighted by Gasteiger charge is 2.09. The highest BCUT2D eigenvalue weighted by Crippen LogP contribution is 2.10. The Morgan fingerprint density at radius 3 is 2.64 bits per heavy atom. The largest absolute Gasteiger partial charge is 0.272 e. The van der Waals surface area contributed by atoms with E-state index in [1.165, 1.54) is 6.07 Å². The van der Waals surface area contributed by atoms with E-state index in [-0.39, 0.29) is 5.69 Å². The van der Waals surface area contributed by atoms with E-state index in [1.54, 1.807) is 25.1 Å². The van der Waals surface area contributed by atoms with Gasteiger partial charge in [0.15, 0.2) is 0 Å². The van der Waals surface area contributed by atoms with Crippen LogP contribution in [0.4, 0.5) is 5.69 Å². The number of nitrogens with zero attached hydrogens (tertiary/aromatic N) is 1. The number of hydrogen-bond acceptors (Lipinski definition) is 2. The molecule has 0 atom stereocenters. The first-order valence-corrected chi connectivity index (χ1v) is 4.13. The summed E-state index contributed by atoms with van der Waals surface area (Å²) in [7, 11) is 0. The van der Waals surface area contributed by atoms with Crippen LogP contribution in [0.2, 0.25) is 0 Å². The molecule has 3 nitrogen and oxygen atoms in total. The molecule has 0 aliphatic rings. The van der Waals surface area contributed by atoms with Crippen molar-refractivity contribution in [1.29, 1.82) is 0 Å². The summed E-state index contributed by atoms with van der Waals surface area (Å²) >= 11 is 0. The Kier molecular flexibility index (Phi) is 2.82. The Balaban J connectivity index is 3.66. The molecule has 1 aromatic rings. The van der Waals surface area contributed by atoms with E-state index in [0.717, 1.165) is 10.4 Å². The zero-order chi connectivity index (χ0) is 10.7. The van der Waals surface area contributed by atoms with Gasteiger partial charge in [-0.2, -0.15) is 0 Å². The lowest BCUT2D eigenvalue weighted by Crippen LogP contribution is -2.26. The van der Waals surface area contributed by atoms with E-state index in [0.29, 0.717) is 5.56 Å². The standard InChI is InChI=1S/C11H11NO2/c1-4-5-10-8(2)6-7-11(9(10)3)12(13)14/h4-7H,1-2H2,3H3/b10-5+. The molecule has 0 amide bonds. The molecule has 0 spiro atoms. The Labute approximate surface area is 81.8 Å². The van der Waals surface area contributed by atoms with Crippen LogP contribution in [-0.4, -0.2) is 4.92 Å². The second-order valence-electron chi connectivity index (χ2n) is 2.94. The summed E-state index contributed by atoms with van der Waals surface area (Å²) in [4.78, 5) is 10.2. The van der Waals surface area contributed by atoms with Crippen LogP contribution in [0, 0.1) is 17.0 Å². The lowest BCUT2D eigenvalue weighted by Gasteiger charge is -1.97. The van der Waals surface area contributed by atoms with Gasteiger partial charge >= 0.3 is 0 Å². The predicted octanol–water partition coefficient (Wildman–Crippen LogP) is 1.28. The van der Waals surface area contributed by atoms with Crippen molar-refractivity contribution in [2.24, 2.45) is 0 Å². The van der Waals surface area contributed by atoms with Crippen LogP contribution in [0.25, 0.3) is 12.7 Å². The van der Waals surface area contributed by atoms with Crippen LogP contribution < -0.4 is 10.4 Å². The molecule has 0 saturated carbocycles. The van der Waals surface area contributed by atoms with E-state index in [2.05, 4.69) is 13.2 Å². The zero-order valence-electron chi connectivity index (χ0n) is 7.99. The van der Waals surface area contributed by atoms with Crippen LogP contribution in [0.15, 0.2) is 24.8 Å². The number of nitro groups is 1. The molecule has 0 N–H and O–H groups in total. The SMILES string of the molecule is C=C/C=c1/c(C)c([N+](=O)[O-])ccc1=C. The Morgan fingerprint density at radius 1 is 1.50 bits per heavy atom. The van der Waals surface area contributed by atoms with Crippen LogP contribution in [0.3, 0.4) is 0 Å². The molecular formula is C11H11NO2. The van der Waals surface area contributed by atoms with E-state index in [4.69, 9.17) is 0 Å². The monoisotopic (exact) mass is 189 g/mol. The summed E-state index contributed by atoms with van der Waals surface area (Å²) in [5.74, 6) is 0. The fraction of sp³-hybridized carbons (Fsp3) is 0.0909. The van der Waals surface area contributed by atoms with Crippen LogP contribution in [-0.2, 0) is 0 Å². The highest BCUT2D eigenvalue weighted by molar-refractivity contribution is 5.47. The second kappa shape index (κ2) is 3.87. The molecule has 0 aromatic heterocycles. The van der Waals surface area contributed by atoms with Gasteiger partial charge in [0.05, 0.1) is 4.92 Å². The fourth-order valence-corrected chi connectivity index (χ4v) is 1.32. The van der Waals surface area contributed by atoms with Gasteiger partial charge in [-0.1, -0.05) is 25.3 Å². The van der Waals surface area contributed by atoms with E-state index in [1.807, 2.05) is 0 Å². The molecule has 0 aliphatic heterocycles. The fourth-order valence-electron chi connectivity index (χ4n) is 1.32. The predicted molar refractivity (Wildman–Crippen MR) is 57.3 cm³/mol. The van der Waals surface area contributed by atoms with Crippen molar-refractivity contribution in [3.05, 3.63) is 50.9 Å². The van der Waals surface area contributed by atoms with E-state index < -0.39 is 4.92 Å². The maximum absolute atomic E-state index is 10.6. The van der Waals surface area contributed by atoms with Gasteiger partial charge in [0.2, 0.25) is 0 Å². The third-order valence-corrected chi connectivity index (χ3v) is 2.06. The maximum atomic E-state index is 10.6. The molecule has 0 saturated heterocycles. The average molecular weight is 189 g/mol. The number of benzene rings is 1. The molecule has 0 heterocycles. The number of hydrogen-bond donors (Lipinski definition) is 0. The molecule has 0 radical (unpaired) electrons. The number of rotatable bonds is 2. The maximum Gasteiger partial charge on any atom is 0.272 e. The molecule has 0 bridgehead atoms. The first-order chi connectivity index (χ1) is 6.57. The summed E-state index contributed by atoms with van der Waals surface area (Å²) in [6, 6.07) is 3.11. The number of nitro benzene ring substituents is 1. The van der Waals surface area contributed by atoms with Crippen molar-refractivity contribution in [2.45, 2.75) is 6.92 Å². The minimum Gasteiger partial charge on any atom is -0.258 e. The molecule has 0 aliphatic carbocycles. The van der Waals surface area contributed by atoms with Gasteiger partial charge in [-0.05, 0) is 23.4 Å². The second-order valence-corrected chi connectivity index (χ2v) is 2.94. The highest BCUT2D eigenvalue weighted by atomic mass is 16.6. The Bertz CT molecular complexity index is 489. The summed E-state index contributed by atoms with van der Waals surface area (Å²) in [6.45, 7) is 9.07. The third-order valence-electron chi connectivity index (χ3n) is 2.06. The van der Waals surface area contributed by atoms with E-state index >= 15 is 0 Å². The molecule has 3 heteroatoms. The van der Waals surface area contributed by atoms with Gasteiger partial charge < -0.3 is 0 Å². The lowest BCUT2D eigenvalue weighted by molar-refractivity contribution is -0.385. The molecular weight excluding hydrogens is 178 g/mol. The average Bonchev–Trinajstić information content (AvgIpc) is 2.11. The quantitative estimate of drug-likeness (QED) is 0.519. The van der Waals surface area contributed by atoms with Crippen molar-refractivity contribution in [3.63, 3.8) is 0 Å². The summed E-state index contributed by atoms with van der Waals surface area (Å²) in [5, 5.41) is 12.2. The third kappa shape index (κ3) is 1.71. The topological polar surface area (TPSA) is 43.1 Å². The van der Waals surface area contributed by atoms with Gasteiger partial charge in [-0.15, -0.1) is 0 Å². The summed E-state index contributed by atoms with van der Waals surface area (Å²) in [5.41, 5.74) is 0.743. The minimum atomic E-state index is -0.394. The van der Waals surface area contributed by atoms with Crippen molar-refractivity contribution in [3.8, 4) is 0 Å². The molecule has 0 fully saturated rings. The molecule has 0 unspecified atom stereocenters. The first-order valence-electron chi connectivity index (χ1n) is 4.13.